The molecule has 0 fully saturated rings. The topological polar surface area (TPSA) is 59.8 Å². The molecule has 0 aliphatic heterocycles. The Morgan fingerprint density at radius 2 is 1.85 bits per heavy atom. The third-order valence-electron chi connectivity index (χ3n) is 4.37. The van der Waals surface area contributed by atoms with Crippen LogP contribution in [0.3, 0.4) is 0 Å². The first-order valence-corrected chi connectivity index (χ1v) is 8.62. The van der Waals surface area contributed by atoms with Gasteiger partial charge in [0.2, 0.25) is 0 Å². The Labute approximate surface area is 157 Å². The highest BCUT2D eigenvalue weighted by Gasteiger charge is 2.09. The standard InChI is InChI=1S/C22H18N4O/c1-16-5-8-18(14-20(16)21-4-2-3-11-24-21)25-22(27)17-6-9-19(10-7-17)26-13-12-23-15-26/h2-15H,1H3,(H,25,27). The van der Waals surface area contributed by atoms with Crippen molar-refractivity contribution in [3.8, 4) is 16.9 Å². The fraction of sp³-hybridized carbons (Fsp3) is 0.0455. The Hall–Kier alpha value is -3.73. The minimum Gasteiger partial charge on any atom is -0.322 e. The van der Waals surface area contributed by atoms with Gasteiger partial charge in [0.1, 0.15) is 0 Å². The second-order valence-corrected chi connectivity index (χ2v) is 6.22. The number of pyridine rings is 1. The van der Waals surface area contributed by atoms with Gasteiger partial charge in [-0.05, 0) is 61.0 Å². The lowest BCUT2D eigenvalue weighted by Gasteiger charge is -2.10. The van der Waals surface area contributed by atoms with Gasteiger partial charge in [-0.2, -0.15) is 0 Å². The van der Waals surface area contributed by atoms with E-state index in [1.165, 1.54) is 0 Å². The monoisotopic (exact) mass is 354 g/mol. The number of aryl methyl sites for hydroxylation is 1. The smallest absolute Gasteiger partial charge is 0.255 e. The Balaban J connectivity index is 1.55. The second-order valence-electron chi connectivity index (χ2n) is 6.22. The fourth-order valence-corrected chi connectivity index (χ4v) is 2.90. The first-order valence-electron chi connectivity index (χ1n) is 8.62. The number of aromatic nitrogens is 3. The van der Waals surface area contributed by atoms with Crippen molar-refractivity contribution in [1.82, 2.24) is 14.5 Å². The van der Waals surface area contributed by atoms with Crippen LogP contribution in [0.5, 0.6) is 0 Å². The molecule has 132 valence electrons. The highest BCUT2D eigenvalue weighted by atomic mass is 16.1. The first kappa shape index (κ1) is 16.7. The lowest BCUT2D eigenvalue weighted by molar-refractivity contribution is 0.102. The lowest BCUT2D eigenvalue weighted by Crippen LogP contribution is -2.12. The number of rotatable bonds is 4. The van der Waals surface area contributed by atoms with Gasteiger partial charge in [0.25, 0.3) is 5.91 Å². The largest absolute Gasteiger partial charge is 0.322 e. The number of hydrogen-bond acceptors (Lipinski definition) is 3. The van der Waals surface area contributed by atoms with Gasteiger partial charge in [0.15, 0.2) is 0 Å². The number of anilines is 1. The highest BCUT2D eigenvalue weighted by molar-refractivity contribution is 6.04. The molecule has 1 amide bonds. The van der Waals surface area contributed by atoms with Crippen LogP contribution in [0.2, 0.25) is 0 Å². The molecule has 0 atom stereocenters. The first-order chi connectivity index (χ1) is 13.2. The van der Waals surface area contributed by atoms with Gasteiger partial charge in [-0.3, -0.25) is 9.78 Å². The molecule has 0 aliphatic rings. The molecule has 27 heavy (non-hydrogen) atoms. The number of benzene rings is 2. The maximum Gasteiger partial charge on any atom is 0.255 e. The zero-order chi connectivity index (χ0) is 18.6. The summed E-state index contributed by atoms with van der Waals surface area (Å²) in [5.74, 6) is -0.150. The molecule has 4 rings (SSSR count). The van der Waals surface area contributed by atoms with Crippen molar-refractivity contribution in [3.63, 3.8) is 0 Å². The SMILES string of the molecule is Cc1ccc(NC(=O)c2ccc(-n3ccnc3)cc2)cc1-c1ccccn1. The zero-order valence-electron chi connectivity index (χ0n) is 14.8. The molecule has 2 aromatic heterocycles. The zero-order valence-corrected chi connectivity index (χ0v) is 14.8. The molecule has 0 saturated carbocycles. The summed E-state index contributed by atoms with van der Waals surface area (Å²) in [6.07, 6.45) is 7.07. The van der Waals surface area contributed by atoms with Gasteiger partial charge < -0.3 is 9.88 Å². The maximum absolute atomic E-state index is 12.6. The van der Waals surface area contributed by atoms with Gasteiger partial charge >= 0.3 is 0 Å². The van der Waals surface area contributed by atoms with Crippen molar-refractivity contribution in [2.75, 3.05) is 5.32 Å². The Bertz CT molecular complexity index is 1060. The summed E-state index contributed by atoms with van der Waals surface area (Å²) in [6.45, 7) is 2.03. The highest BCUT2D eigenvalue weighted by Crippen LogP contribution is 2.25. The van der Waals surface area contributed by atoms with Crippen molar-refractivity contribution in [1.29, 1.82) is 0 Å². The van der Waals surface area contributed by atoms with E-state index in [2.05, 4.69) is 15.3 Å². The van der Waals surface area contributed by atoms with Crippen LogP contribution in [-0.4, -0.2) is 20.4 Å². The van der Waals surface area contributed by atoms with Gasteiger partial charge in [0, 0.05) is 41.1 Å². The van der Waals surface area contributed by atoms with Crippen molar-refractivity contribution >= 4 is 11.6 Å². The molecule has 5 nitrogen and oxygen atoms in total. The van der Waals surface area contributed by atoms with Gasteiger partial charge in [-0.1, -0.05) is 12.1 Å². The van der Waals surface area contributed by atoms with Crippen LogP contribution in [-0.2, 0) is 0 Å². The minimum atomic E-state index is -0.150. The molecule has 0 spiro atoms. The average molecular weight is 354 g/mol. The summed E-state index contributed by atoms with van der Waals surface area (Å²) in [6, 6.07) is 19.0. The Morgan fingerprint density at radius 3 is 2.56 bits per heavy atom. The number of amides is 1. The molecule has 0 radical (unpaired) electrons. The van der Waals surface area contributed by atoms with E-state index in [4.69, 9.17) is 0 Å². The number of carbonyl (C=O) groups excluding carboxylic acids is 1. The summed E-state index contributed by atoms with van der Waals surface area (Å²) in [5, 5.41) is 2.96. The van der Waals surface area contributed by atoms with Crippen LogP contribution in [0.15, 0.2) is 85.6 Å². The maximum atomic E-state index is 12.6. The molecule has 1 N–H and O–H groups in total. The Morgan fingerprint density at radius 1 is 1.00 bits per heavy atom. The average Bonchev–Trinajstić information content (AvgIpc) is 3.25. The third-order valence-corrected chi connectivity index (χ3v) is 4.37. The van der Waals surface area contributed by atoms with Crippen molar-refractivity contribution < 1.29 is 4.79 Å². The van der Waals surface area contributed by atoms with Gasteiger partial charge in [-0.15, -0.1) is 0 Å². The van der Waals surface area contributed by atoms with Crippen LogP contribution in [0, 0.1) is 6.92 Å². The summed E-state index contributed by atoms with van der Waals surface area (Å²) in [5.41, 5.74) is 5.29. The van der Waals surface area contributed by atoms with Crippen molar-refractivity contribution in [2.45, 2.75) is 6.92 Å². The number of carbonyl (C=O) groups is 1. The summed E-state index contributed by atoms with van der Waals surface area (Å²) >= 11 is 0. The predicted molar refractivity (Wildman–Crippen MR) is 106 cm³/mol. The quantitative estimate of drug-likeness (QED) is 0.587. The molecular weight excluding hydrogens is 336 g/mol. The lowest BCUT2D eigenvalue weighted by atomic mass is 10.0. The summed E-state index contributed by atoms with van der Waals surface area (Å²) < 4.78 is 1.89. The molecule has 2 aromatic carbocycles. The van der Waals surface area contributed by atoms with E-state index in [1.54, 1.807) is 30.9 Å². The van der Waals surface area contributed by atoms with Gasteiger partial charge in [-0.25, -0.2) is 4.98 Å². The van der Waals surface area contributed by atoms with Crippen LogP contribution in [0.25, 0.3) is 16.9 Å². The van der Waals surface area contributed by atoms with Gasteiger partial charge in [0.05, 0.1) is 12.0 Å². The van der Waals surface area contributed by atoms with Crippen LogP contribution >= 0.6 is 0 Å². The minimum absolute atomic E-state index is 0.150. The molecule has 4 aromatic rings. The van der Waals surface area contributed by atoms with Crippen LogP contribution in [0.4, 0.5) is 5.69 Å². The van der Waals surface area contributed by atoms with E-state index < -0.39 is 0 Å². The molecule has 0 saturated heterocycles. The van der Waals surface area contributed by atoms with Crippen molar-refractivity contribution in [3.05, 3.63) is 96.7 Å². The molecule has 5 heteroatoms. The van der Waals surface area contributed by atoms with E-state index in [0.29, 0.717) is 5.56 Å². The second kappa shape index (κ2) is 7.25. The molecular formula is C22H18N4O. The number of imidazole rings is 1. The van der Waals surface area contributed by atoms with Crippen LogP contribution < -0.4 is 5.32 Å². The number of nitrogens with zero attached hydrogens (tertiary/aromatic N) is 3. The van der Waals surface area contributed by atoms with Crippen molar-refractivity contribution in [2.24, 2.45) is 0 Å². The van der Waals surface area contributed by atoms with E-state index >= 15 is 0 Å². The number of nitrogens with one attached hydrogen (secondary N) is 1. The summed E-state index contributed by atoms with van der Waals surface area (Å²) in [7, 11) is 0. The summed E-state index contributed by atoms with van der Waals surface area (Å²) in [4.78, 5) is 21.0. The Kier molecular flexibility index (Phi) is 4.49. The van der Waals surface area contributed by atoms with E-state index in [9.17, 15) is 4.79 Å². The van der Waals surface area contributed by atoms with Crippen LogP contribution in [0.1, 0.15) is 15.9 Å². The van der Waals surface area contributed by atoms with E-state index in [0.717, 1.165) is 28.2 Å². The van der Waals surface area contributed by atoms with E-state index in [-0.39, 0.29) is 5.91 Å². The molecule has 0 aliphatic carbocycles. The molecule has 0 unspecified atom stereocenters. The van der Waals surface area contributed by atoms with E-state index in [1.807, 2.05) is 66.2 Å². The molecule has 0 bridgehead atoms. The predicted octanol–water partition coefficient (Wildman–Crippen LogP) is 4.50. The third kappa shape index (κ3) is 3.62. The normalized spacial score (nSPS) is 10.6. The number of hydrogen-bond donors (Lipinski definition) is 1. The molecule has 2 heterocycles. The fourth-order valence-electron chi connectivity index (χ4n) is 2.90.